The van der Waals surface area contributed by atoms with E-state index in [1.54, 1.807) is 19.9 Å². The Hall–Kier alpha value is -1.86. The molecule has 7 atom stereocenters. The molecule has 0 radical (unpaired) electrons. The Morgan fingerprint density at radius 2 is 1.97 bits per heavy atom. The smallest absolute Gasteiger partial charge is 0.303 e. The minimum atomic E-state index is -2.00. The van der Waals surface area contributed by atoms with Crippen molar-refractivity contribution in [1.29, 1.82) is 0 Å². The van der Waals surface area contributed by atoms with Crippen LogP contribution in [0, 0.1) is 22.7 Å². The number of hydrogen-bond acceptors (Lipinski definition) is 6. The Balaban J connectivity index is 1.72. The second kappa shape index (κ2) is 6.57. The highest BCUT2D eigenvalue weighted by Gasteiger charge is 2.74. The van der Waals surface area contributed by atoms with Gasteiger partial charge in [-0.1, -0.05) is 18.6 Å². The number of allylic oxidation sites excluding steroid dienone is 4. The van der Waals surface area contributed by atoms with E-state index in [2.05, 4.69) is 0 Å². The Bertz CT molecular complexity index is 879. The molecule has 0 aromatic heterocycles. The molecule has 0 aromatic rings. The molecule has 7 heteroatoms. The van der Waals surface area contributed by atoms with Crippen LogP contribution in [0.1, 0.15) is 52.9 Å². The van der Waals surface area contributed by atoms with Gasteiger partial charge in [0.1, 0.15) is 5.60 Å². The van der Waals surface area contributed by atoms with Gasteiger partial charge in [-0.2, -0.15) is 0 Å². The molecule has 4 aliphatic carbocycles. The Kier molecular flexibility index (Phi) is 4.68. The van der Waals surface area contributed by atoms with Gasteiger partial charge in [-0.15, -0.1) is 0 Å². The largest absolute Gasteiger partial charge is 0.458 e. The van der Waals surface area contributed by atoms with Crippen LogP contribution in [0.15, 0.2) is 23.8 Å². The van der Waals surface area contributed by atoms with Crippen molar-refractivity contribution in [2.45, 2.75) is 70.2 Å². The summed E-state index contributed by atoms with van der Waals surface area (Å²) in [7, 11) is 0. The van der Waals surface area contributed by atoms with Gasteiger partial charge < -0.3 is 14.9 Å². The first-order valence-corrected chi connectivity index (χ1v) is 10.6. The Morgan fingerprint density at radius 1 is 1.27 bits per heavy atom. The highest BCUT2D eigenvalue weighted by Crippen LogP contribution is 2.69. The van der Waals surface area contributed by atoms with E-state index >= 15 is 4.39 Å². The molecule has 4 rings (SSSR count). The van der Waals surface area contributed by atoms with E-state index < -0.39 is 52.5 Å². The molecule has 0 spiro atoms. The summed E-state index contributed by atoms with van der Waals surface area (Å²) >= 11 is 0. The lowest BCUT2D eigenvalue weighted by Crippen LogP contribution is -2.69. The zero-order valence-corrected chi connectivity index (χ0v) is 17.6. The fraction of sp³-hybridized carbons (Fsp3) is 0.696. The molecular weight excluding hydrogens is 391 g/mol. The van der Waals surface area contributed by atoms with E-state index in [1.807, 2.05) is 0 Å². The lowest BCUT2D eigenvalue weighted by atomic mass is 9.44. The topological polar surface area (TPSA) is 101 Å². The monoisotopic (exact) mass is 420 g/mol. The molecule has 3 saturated carbocycles. The predicted octanol–water partition coefficient (Wildman–Crippen LogP) is 2.22. The molecule has 0 amide bonds. The van der Waals surface area contributed by atoms with Crippen LogP contribution >= 0.6 is 0 Å². The number of alkyl halides is 1. The van der Waals surface area contributed by atoms with E-state index in [0.29, 0.717) is 24.8 Å². The number of halogens is 1. The van der Waals surface area contributed by atoms with Gasteiger partial charge in [0.25, 0.3) is 0 Å². The van der Waals surface area contributed by atoms with Gasteiger partial charge in [-0.05, 0) is 57.1 Å². The van der Waals surface area contributed by atoms with Gasteiger partial charge in [-0.3, -0.25) is 14.4 Å². The fourth-order valence-corrected chi connectivity index (χ4v) is 6.96. The molecular formula is C23H29FO6. The van der Waals surface area contributed by atoms with Crippen LogP contribution in [0.3, 0.4) is 0 Å². The molecule has 0 saturated heterocycles. The number of esters is 1. The Morgan fingerprint density at radius 3 is 2.63 bits per heavy atom. The maximum atomic E-state index is 16.9. The van der Waals surface area contributed by atoms with Crippen LogP contribution in [0.5, 0.6) is 0 Å². The second-order valence-electron chi connectivity index (χ2n) is 9.87. The first kappa shape index (κ1) is 21.4. The SMILES string of the molecule is CC(=O)OCC(=O)[C@@]1(O)CC[C@H]2[C@@H]3CCC4=CC(=O)C=C[C@]4(C)[C@@]3(F)[C@H](O)C[C@@]21C. The van der Waals surface area contributed by atoms with Crippen LogP contribution < -0.4 is 0 Å². The van der Waals surface area contributed by atoms with Crippen molar-refractivity contribution in [3.8, 4) is 0 Å². The molecule has 0 aliphatic heterocycles. The summed E-state index contributed by atoms with van der Waals surface area (Å²) in [6.07, 6.45) is 4.47. The van der Waals surface area contributed by atoms with Crippen LogP contribution in [0.2, 0.25) is 0 Å². The van der Waals surface area contributed by atoms with E-state index in [0.717, 1.165) is 0 Å². The fourth-order valence-electron chi connectivity index (χ4n) is 6.96. The van der Waals surface area contributed by atoms with Gasteiger partial charge in [0.15, 0.2) is 18.1 Å². The normalized spacial score (nSPS) is 47.1. The summed E-state index contributed by atoms with van der Waals surface area (Å²) < 4.78 is 21.7. The van der Waals surface area contributed by atoms with E-state index in [9.17, 15) is 24.6 Å². The molecule has 0 unspecified atom stereocenters. The van der Waals surface area contributed by atoms with Gasteiger partial charge in [0.05, 0.1) is 6.10 Å². The van der Waals surface area contributed by atoms with Crippen LogP contribution in [-0.4, -0.2) is 51.7 Å². The average Bonchev–Trinajstić information content (AvgIpc) is 2.94. The highest BCUT2D eigenvalue weighted by molar-refractivity contribution is 6.01. The molecule has 0 aromatic carbocycles. The standard InChI is InChI=1S/C23H29FO6/c1-13(25)30-12-19(28)22(29)9-7-16-17-5-4-14-10-15(26)6-8-20(14,2)23(17,24)18(27)11-21(16,22)3/h6,8,10,16-18,27,29H,4-5,7,9,11-12H2,1-3H3/t16-,17-,18+,20-,21-,22-,23-/m0/s1. The minimum absolute atomic E-state index is 0.0857. The van der Waals surface area contributed by atoms with Crippen molar-refractivity contribution < 1.29 is 33.7 Å². The molecule has 30 heavy (non-hydrogen) atoms. The number of ketones is 2. The van der Waals surface area contributed by atoms with Crippen molar-refractivity contribution >= 4 is 17.5 Å². The van der Waals surface area contributed by atoms with Crippen molar-refractivity contribution in [2.24, 2.45) is 22.7 Å². The molecule has 2 N–H and O–H groups in total. The van der Waals surface area contributed by atoms with Crippen molar-refractivity contribution in [2.75, 3.05) is 6.61 Å². The number of Topliss-reactive ketones (excluding diaryl/α,β-unsaturated/α-hetero) is 1. The van der Waals surface area contributed by atoms with Gasteiger partial charge >= 0.3 is 5.97 Å². The van der Waals surface area contributed by atoms with E-state index in [4.69, 9.17) is 4.74 Å². The van der Waals surface area contributed by atoms with E-state index in [1.165, 1.54) is 19.1 Å². The molecule has 0 heterocycles. The van der Waals surface area contributed by atoms with Gasteiger partial charge in [-0.25, -0.2) is 4.39 Å². The lowest BCUT2D eigenvalue weighted by molar-refractivity contribution is -0.217. The maximum Gasteiger partial charge on any atom is 0.303 e. The summed E-state index contributed by atoms with van der Waals surface area (Å²) in [4.78, 5) is 35.8. The van der Waals surface area contributed by atoms with Crippen LogP contribution in [-0.2, 0) is 19.1 Å². The lowest BCUT2D eigenvalue weighted by Gasteiger charge is -2.62. The highest BCUT2D eigenvalue weighted by atomic mass is 19.1. The summed E-state index contributed by atoms with van der Waals surface area (Å²) in [5.74, 6) is -2.28. The molecule has 164 valence electrons. The summed E-state index contributed by atoms with van der Waals surface area (Å²) in [5, 5.41) is 22.6. The van der Waals surface area contributed by atoms with Gasteiger partial charge in [0.2, 0.25) is 5.78 Å². The first-order chi connectivity index (χ1) is 13.9. The maximum absolute atomic E-state index is 16.9. The number of hydrogen-bond donors (Lipinski definition) is 2. The van der Waals surface area contributed by atoms with Crippen LogP contribution in [0.25, 0.3) is 0 Å². The van der Waals surface area contributed by atoms with Crippen molar-refractivity contribution in [1.82, 2.24) is 0 Å². The van der Waals surface area contributed by atoms with E-state index in [-0.39, 0.29) is 24.5 Å². The molecule has 3 fully saturated rings. The minimum Gasteiger partial charge on any atom is -0.458 e. The quantitative estimate of drug-likeness (QED) is 0.679. The van der Waals surface area contributed by atoms with Crippen molar-refractivity contribution in [3.05, 3.63) is 23.8 Å². The number of ether oxygens (including phenoxy) is 1. The van der Waals surface area contributed by atoms with Crippen LogP contribution in [0.4, 0.5) is 4.39 Å². The second-order valence-corrected chi connectivity index (χ2v) is 9.87. The van der Waals surface area contributed by atoms with Crippen molar-refractivity contribution in [3.63, 3.8) is 0 Å². The first-order valence-electron chi connectivity index (χ1n) is 10.6. The summed E-state index contributed by atoms with van der Waals surface area (Å²) in [5.41, 5.74) is -5.23. The summed E-state index contributed by atoms with van der Waals surface area (Å²) in [6.45, 7) is 4.12. The summed E-state index contributed by atoms with van der Waals surface area (Å²) in [6, 6.07) is 0. The molecule has 0 bridgehead atoms. The number of aliphatic hydroxyl groups excluding tert-OH is 1. The zero-order valence-electron chi connectivity index (χ0n) is 17.6. The number of rotatable bonds is 3. The third kappa shape index (κ3) is 2.51. The number of fused-ring (bicyclic) bond motifs is 5. The average molecular weight is 420 g/mol. The third-order valence-electron chi connectivity index (χ3n) is 8.66. The zero-order chi connectivity index (χ0) is 22.1. The molecule has 4 aliphatic rings. The predicted molar refractivity (Wildman–Crippen MR) is 105 cm³/mol. The Labute approximate surface area is 175 Å². The number of carbonyl (C=O) groups is 3. The molecule has 6 nitrogen and oxygen atoms in total. The van der Waals surface area contributed by atoms with Gasteiger partial charge in [0, 0.05) is 23.7 Å². The third-order valence-corrected chi connectivity index (χ3v) is 8.66. The number of aliphatic hydroxyl groups is 2. The number of carbonyl (C=O) groups excluding carboxylic acids is 3.